The fourth-order valence-electron chi connectivity index (χ4n) is 24.2. The van der Waals surface area contributed by atoms with Gasteiger partial charge in [-0.05, 0) is 190 Å². The van der Waals surface area contributed by atoms with E-state index in [4.69, 9.17) is 32.0 Å². The molecule has 9 atom stereocenters. The van der Waals surface area contributed by atoms with E-state index in [1.54, 1.807) is 0 Å². The Bertz CT molecular complexity index is 4420. The quantitative estimate of drug-likeness (QED) is 0.0617. The van der Waals surface area contributed by atoms with Crippen molar-refractivity contribution >= 4 is 86.7 Å². The summed E-state index contributed by atoms with van der Waals surface area (Å²) in [6, 6.07) is 29.9. The van der Waals surface area contributed by atoms with E-state index >= 15 is 0 Å². The Hall–Kier alpha value is -5.53. The first kappa shape index (κ1) is 90.7. The van der Waals surface area contributed by atoms with Crippen LogP contribution < -0.4 is 62.6 Å². The number of nitrogens with one attached hydrogen (secondary N) is 2. The summed E-state index contributed by atoms with van der Waals surface area (Å²) in [5.74, 6) is -0.914. The van der Waals surface area contributed by atoms with E-state index < -0.39 is 22.6 Å². The number of piperidine rings is 3. The summed E-state index contributed by atoms with van der Waals surface area (Å²) >= 11 is 6.23. The number of aliphatic carboxylic acids is 1. The van der Waals surface area contributed by atoms with Crippen LogP contribution >= 0.6 is 24.0 Å². The van der Waals surface area contributed by atoms with Gasteiger partial charge in [0.1, 0.15) is 16.6 Å². The molecule has 117 heavy (non-hydrogen) atoms. The minimum absolute atomic E-state index is 0. The number of carboxylic acids is 1. The van der Waals surface area contributed by atoms with Gasteiger partial charge in [-0.15, -0.1) is 12.4 Å². The second-order valence-corrected chi connectivity index (χ2v) is 37.1. The van der Waals surface area contributed by atoms with Crippen molar-refractivity contribution in [1.29, 1.82) is 0 Å². The Morgan fingerprint density at radius 2 is 0.658 bits per heavy atom. The van der Waals surface area contributed by atoms with Crippen LogP contribution in [0.25, 0.3) is 33.1 Å². The molecule has 9 heterocycles. The monoisotopic (exact) mass is 1660 g/mol. The molecule has 22 nitrogen and oxygen atoms in total. The molecule has 12 aliphatic rings. The molecule has 6 aliphatic carbocycles. The maximum atomic E-state index is 14.2. The van der Waals surface area contributed by atoms with Gasteiger partial charge in [-0.3, -0.25) is 33.9 Å². The molecule has 6 saturated carbocycles. The Morgan fingerprint density at radius 1 is 0.385 bits per heavy atom. The molecule has 6 aromatic rings. The van der Waals surface area contributed by atoms with Crippen molar-refractivity contribution in [2.75, 3.05) is 24.9 Å². The molecular formula is C92H133Cl2N12NaO10. The largest absolute Gasteiger partial charge is 1.00 e. The average molecular weight is 1660 g/mol. The summed E-state index contributed by atoms with van der Waals surface area (Å²) < 4.78 is 15.8. The summed E-state index contributed by atoms with van der Waals surface area (Å²) in [6.07, 6.45) is 55.3. The predicted molar refractivity (Wildman–Crippen MR) is 462 cm³/mol. The second-order valence-electron chi connectivity index (χ2n) is 36.7. The number of nitrogens with zero attached hydrogens (tertiary/aromatic N) is 9. The van der Waals surface area contributed by atoms with Crippen molar-refractivity contribution in [3.05, 3.63) is 109 Å². The molecule has 0 radical (unpaired) electrons. The number of anilines is 2. The summed E-state index contributed by atoms with van der Waals surface area (Å²) in [4.78, 5) is 100. The van der Waals surface area contributed by atoms with E-state index in [2.05, 4.69) is 35.1 Å². The number of ether oxygens (including phenoxy) is 2. The number of carbonyl (C=O) groups excluding carboxylic acids is 2. The summed E-state index contributed by atoms with van der Waals surface area (Å²) in [5, 5.41) is 16.8. The molecule has 3 unspecified atom stereocenters. The van der Waals surface area contributed by atoms with Crippen LogP contribution in [-0.2, 0) is 23.9 Å². The van der Waals surface area contributed by atoms with Crippen LogP contribution in [0.5, 0.6) is 0 Å². The first-order valence-corrected chi connectivity index (χ1v) is 45.7. The van der Waals surface area contributed by atoms with E-state index in [0.717, 1.165) is 142 Å². The maximum absolute atomic E-state index is 14.2. The minimum atomic E-state index is -1.11. The standard InChI is InChI=1S/C31H44N4O3.C30H42N4O3.C23H30ClN3O.C8H15NO2.ClH.Na.H2O/c1-38-30(37)31(18-10-5-11-19-31)33-28-29(36)35(27-15-9-8-14-26(27)32-28)25-20-23-16-17-24(21-25)34(23)22-12-6-3-2-4-7-13-22;35-28-27(32-30(29(36)37)17-9-4-10-18-30)31-25-13-7-8-14-26(25)34(28)24-19-22-15-16-23(20-24)33(22)21-11-5-2-1-3-6-12-21;24-22-23(28)27(21-11-7-6-10-20(21)25-22)19-14-17-12-13-18(15-19)26(17)16-8-4-2-1-3-5-9-16;1-11-7(10)8(9)5-3-2-4-6-8;;;/h8-9,14-15,22-25H,2-7,10-13,16-21H2,1H3,(H,32,33);7-8,13-14,21-24H,1-6,9-12,15-20H2,(H,31,32)(H,36,37);6-7,10-11,16-19H,1-5,8-9,12-15H2;2-6,9H2,1H3;1H;;1H2/q;;;;;+1;/p-1/t23-,24+,25?;22-,23+,24?;17-,18+,19?;;;;. The summed E-state index contributed by atoms with van der Waals surface area (Å²) in [7, 11) is 2.83. The van der Waals surface area contributed by atoms with Crippen molar-refractivity contribution < 1.29 is 64.0 Å². The molecule has 6 bridgehead atoms. The number of esters is 2. The summed E-state index contributed by atoms with van der Waals surface area (Å²) in [5.41, 5.74) is 7.90. The number of carbonyl (C=O) groups is 3. The smallest absolute Gasteiger partial charge is 0.870 e. The molecule has 3 aromatic heterocycles. The molecule has 18 rings (SSSR count). The Labute approximate surface area is 725 Å². The van der Waals surface area contributed by atoms with Gasteiger partial charge in [-0.25, -0.2) is 24.5 Å². The summed E-state index contributed by atoms with van der Waals surface area (Å²) in [6.45, 7) is 0. The van der Waals surface area contributed by atoms with Gasteiger partial charge < -0.3 is 50.1 Å². The molecular weight excluding hydrogens is 1530 g/mol. The Balaban J connectivity index is 0.000000151. The molecule has 6 saturated heterocycles. The van der Waals surface area contributed by atoms with Crippen LogP contribution in [0.1, 0.15) is 326 Å². The number of benzene rings is 3. The molecule has 6 N–H and O–H groups in total. The van der Waals surface area contributed by atoms with Gasteiger partial charge in [-0.1, -0.05) is 202 Å². The zero-order valence-corrected chi connectivity index (χ0v) is 73.9. The van der Waals surface area contributed by atoms with Crippen LogP contribution in [-0.4, -0.2) is 157 Å². The molecule has 6 aliphatic heterocycles. The molecule has 636 valence electrons. The van der Waals surface area contributed by atoms with Crippen molar-refractivity contribution in [3.63, 3.8) is 0 Å². The van der Waals surface area contributed by atoms with Gasteiger partial charge in [0, 0.05) is 72.5 Å². The van der Waals surface area contributed by atoms with E-state index in [9.17, 15) is 33.9 Å². The van der Waals surface area contributed by atoms with Gasteiger partial charge in [-0.2, -0.15) is 0 Å². The molecule has 25 heteroatoms. The van der Waals surface area contributed by atoms with Gasteiger partial charge in [0.2, 0.25) is 0 Å². The predicted octanol–water partition coefficient (Wildman–Crippen LogP) is 15.2. The number of hydrogen-bond acceptors (Lipinski definition) is 18. The van der Waals surface area contributed by atoms with Crippen molar-refractivity contribution in [3.8, 4) is 0 Å². The van der Waals surface area contributed by atoms with E-state index in [-0.39, 0.29) is 105 Å². The average Bonchev–Trinajstić information content (AvgIpc) is 1.73. The number of nitrogens with two attached hydrogens (primary N) is 1. The fourth-order valence-corrected chi connectivity index (χ4v) is 24.4. The van der Waals surface area contributed by atoms with Crippen molar-refractivity contribution in [1.82, 2.24) is 43.4 Å². The van der Waals surface area contributed by atoms with Gasteiger partial charge in [0.25, 0.3) is 16.7 Å². The van der Waals surface area contributed by atoms with Gasteiger partial charge >= 0.3 is 47.5 Å². The number of aromatic nitrogens is 6. The number of halogens is 2. The fraction of sp³-hybridized carbons (Fsp3) is 0.707. The third kappa shape index (κ3) is 20.1. The van der Waals surface area contributed by atoms with E-state index in [0.29, 0.717) is 79.8 Å². The maximum Gasteiger partial charge on any atom is 1.00 e. The van der Waals surface area contributed by atoms with Gasteiger partial charge in [0.05, 0.1) is 47.3 Å². The van der Waals surface area contributed by atoms with Crippen LogP contribution in [0.4, 0.5) is 11.6 Å². The third-order valence-corrected chi connectivity index (χ3v) is 29.9. The number of rotatable bonds is 13. The number of para-hydroxylation sites is 6. The van der Waals surface area contributed by atoms with Crippen LogP contribution in [0.3, 0.4) is 0 Å². The topological polar surface area (TPSA) is 284 Å². The second kappa shape index (κ2) is 41.6. The Morgan fingerprint density at radius 3 is 0.983 bits per heavy atom. The van der Waals surface area contributed by atoms with E-state index in [1.165, 1.54) is 194 Å². The molecule has 12 fully saturated rings. The number of carboxylic acid groups (broad SMARTS) is 1. The minimum Gasteiger partial charge on any atom is -0.870 e. The number of methoxy groups -OCH3 is 2. The Kier molecular flexibility index (Phi) is 32.2. The number of fused-ring (bicyclic) bond motifs is 9. The van der Waals surface area contributed by atoms with Crippen LogP contribution in [0.2, 0.25) is 5.15 Å². The van der Waals surface area contributed by atoms with E-state index in [1.807, 2.05) is 86.5 Å². The molecule has 0 spiro atoms. The zero-order valence-electron chi connectivity index (χ0n) is 70.3. The zero-order chi connectivity index (χ0) is 78.9. The molecule has 0 amide bonds. The SMILES string of the molecule is COC(=O)C1(N)CCCCC1.COC(=O)C1(Nc2nc3ccccc3n(C3C[C@H]4CC[C@@H](C3)N4C3CCCCCCC3)c2=O)CCCCC1.Cl.O=C(O)C1(Nc2nc3ccccc3n(C3C[C@H]4CC[C@@H](C3)N4C3CCCCCCC3)c2=O)CCCCC1.O=c1c(Cl)nc2ccccc2n1C1C[C@H]2CC[C@@H](C1)N2C1CCCCCCC1.[Na+].[OH-]. The molecule has 3 aromatic carbocycles. The van der Waals surface area contributed by atoms with Crippen LogP contribution in [0, 0.1) is 0 Å². The van der Waals surface area contributed by atoms with Crippen LogP contribution in [0.15, 0.2) is 87.2 Å². The number of hydrogen-bond donors (Lipinski definition) is 4. The third-order valence-electron chi connectivity index (χ3n) is 29.7. The first-order valence-electron chi connectivity index (χ1n) is 45.3. The van der Waals surface area contributed by atoms with Crippen molar-refractivity contribution in [2.24, 2.45) is 5.73 Å². The normalized spacial score (nSPS) is 27.7. The van der Waals surface area contributed by atoms with Gasteiger partial charge in [0.15, 0.2) is 16.8 Å². The van der Waals surface area contributed by atoms with Crippen molar-refractivity contribution in [2.45, 2.75) is 397 Å². The first-order chi connectivity index (χ1) is 55.6.